The van der Waals surface area contributed by atoms with Crippen molar-refractivity contribution in [2.24, 2.45) is 0 Å². The number of rotatable bonds is 4. The highest BCUT2D eigenvalue weighted by Gasteiger charge is 2.17. The summed E-state index contributed by atoms with van der Waals surface area (Å²) in [7, 11) is 0. The number of halogens is 2. The molecule has 5 nitrogen and oxygen atoms in total. The number of anilines is 1. The Hall–Kier alpha value is -2.57. The van der Waals surface area contributed by atoms with Gasteiger partial charge < -0.3 is 9.84 Å². The van der Waals surface area contributed by atoms with Crippen LogP contribution in [0.1, 0.15) is 12.3 Å². The highest BCUT2D eigenvalue weighted by Crippen LogP contribution is 2.23. The summed E-state index contributed by atoms with van der Waals surface area (Å²) in [6.45, 7) is 3.33. The first-order valence-electron chi connectivity index (χ1n) is 5.26. The van der Waals surface area contributed by atoms with Crippen LogP contribution in [0.5, 0.6) is 0 Å². The molecule has 1 N–H and O–H groups in total. The summed E-state index contributed by atoms with van der Waals surface area (Å²) in [6, 6.07) is 6.43. The van der Waals surface area contributed by atoms with E-state index in [1.54, 1.807) is 24.3 Å². The highest BCUT2D eigenvalue weighted by atomic mass is 19.3. The summed E-state index contributed by atoms with van der Waals surface area (Å²) in [4.78, 5) is 14.7. The molecule has 1 amide bonds. The molecule has 0 bridgehead atoms. The van der Waals surface area contributed by atoms with Gasteiger partial charge in [-0.1, -0.05) is 23.9 Å². The Labute approximate surface area is 106 Å². The number of carbonyl (C=O) groups excluding carboxylic acids is 1. The summed E-state index contributed by atoms with van der Waals surface area (Å²) in [6.07, 6.45) is -1.69. The Balaban J connectivity index is 2.26. The number of hydrogen-bond donors (Lipinski definition) is 1. The highest BCUT2D eigenvalue weighted by molar-refractivity contribution is 5.99. The molecule has 2 rings (SSSR count). The van der Waals surface area contributed by atoms with Crippen LogP contribution in [0.25, 0.3) is 11.4 Å². The van der Waals surface area contributed by atoms with Gasteiger partial charge in [0.15, 0.2) is 0 Å². The maximum absolute atomic E-state index is 12.3. The molecule has 0 aliphatic carbocycles. The van der Waals surface area contributed by atoms with Gasteiger partial charge in [0, 0.05) is 11.3 Å². The van der Waals surface area contributed by atoms with Crippen LogP contribution in [0.15, 0.2) is 41.4 Å². The first kappa shape index (κ1) is 12.9. The zero-order valence-electron chi connectivity index (χ0n) is 9.64. The number of aromatic nitrogens is 2. The van der Waals surface area contributed by atoms with Gasteiger partial charge in [-0.25, -0.2) is 0 Å². The summed E-state index contributed by atoms with van der Waals surface area (Å²) in [5.41, 5.74) is 0.934. The Morgan fingerprint density at radius 1 is 1.47 bits per heavy atom. The molecule has 0 aliphatic rings. The lowest BCUT2D eigenvalue weighted by atomic mass is 10.2. The molecule has 0 unspecified atom stereocenters. The molecule has 1 heterocycles. The quantitative estimate of drug-likeness (QED) is 0.863. The Morgan fingerprint density at radius 2 is 2.26 bits per heavy atom. The van der Waals surface area contributed by atoms with Crippen molar-refractivity contribution < 1.29 is 18.1 Å². The molecule has 0 spiro atoms. The molecular weight excluding hydrogens is 256 g/mol. The van der Waals surface area contributed by atoms with Gasteiger partial charge in [-0.3, -0.25) is 4.79 Å². The zero-order chi connectivity index (χ0) is 13.8. The van der Waals surface area contributed by atoms with Crippen LogP contribution in [0.4, 0.5) is 14.5 Å². The minimum Gasteiger partial charge on any atom is -0.333 e. The average Bonchev–Trinajstić information content (AvgIpc) is 2.88. The molecule has 0 radical (unpaired) electrons. The third-order valence-electron chi connectivity index (χ3n) is 2.20. The van der Waals surface area contributed by atoms with Crippen LogP contribution in [-0.2, 0) is 4.79 Å². The Bertz CT molecular complexity index is 611. The second-order valence-corrected chi connectivity index (χ2v) is 3.53. The van der Waals surface area contributed by atoms with Gasteiger partial charge in [0.25, 0.3) is 5.89 Å². The largest absolute Gasteiger partial charge is 0.333 e. The molecule has 0 atom stereocenters. The lowest BCUT2D eigenvalue weighted by Crippen LogP contribution is -2.07. The fraction of sp³-hybridized carbons (Fsp3) is 0.0833. The lowest BCUT2D eigenvalue weighted by Gasteiger charge is -2.02. The van der Waals surface area contributed by atoms with Crippen LogP contribution in [0.3, 0.4) is 0 Å². The number of benzene rings is 1. The van der Waals surface area contributed by atoms with E-state index in [2.05, 4.69) is 26.6 Å². The van der Waals surface area contributed by atoms with Crippen molar-refractivity contribution in [1.29, 1.82) is 0 Å². The number of carbonyl (C=O) groups is 1. The molecule has 2 aromatic rings. The second-order valence-electron chi connectivity index (χ2n) is 3.53. The summed E-state index contributed by atoms with van der Waals surface area (Å²) in [5.74, 6) is -1.08. The number of alkyl halides is 2. The molecule has 1 aromatic carbocycles. The number of nitrogens with one attached hydrogen (secondary N) is 1. The molecule has 0 saturated carbocycles. The van der Waals surface area contributed by atoms with Crippen molar-refractivity contribution in [3.63, 3.8) is 0 Å². The first-order chi connectivity index (χ1) is 9.10. The molecule has 0 saturated heterocycles. The van der Waals surface area contributed by atoms with Crippen LogP contribution in [0.2, 0.25) is 0 Å². The molecule has 98 valence electrons. The predicted octanol–water partition coefficient (Wildman–Crippen LogP) is 2.80. The first-order valence-corrected chi connectivity index (χ1v) is 5.26. The zero-order valence-corrected chi connectivity index (χ0v) is 9.64. The normalized spacial score (nSPS) is 10.5. The topological polar surface area (TPSA) is 68.0 Å². The van der Waals surface area contributed by atoms with Gasteiger partial charge in [0.05, 0.1) is 0 Å². The van der Waals surface area contributed by atoms with Gasteiger partial charge in [-0.2, -0.15) is 13.8 Å². The summed E-state index contributed by atoms with van der Waals surface area (Å²) >= 11 is 0. The molecular formula is C12H9F2N3O2. The maximum atomic E-state index is 12.3. The van der Waals surface area contributed by atoms with Gasteiger partial charge in [-0.05, 0) is 18.2 Å². The van der Waals surface area contributed by atoms with E-state index in [4.69, 9.17) is 0 Å². The number of nitrogens with zero attached hydrogens (tertiary/aromatic N) is 2. The van der Waals surface area contributed by atoms with E-state index >= 15 is 0 Å². The van der Waals surface area contributed by atoms with Crippen LogP contribution >= 0.6 is 0 Å². The van der Waals surface area contributed by atoms with E-state index in [-0.39, 0.29) is 11.7 Å². The SMILES string of the molecule is C=CC(=O)Nc1cccc(-c2noc(C(F)F)n2)c1. The Morgan fingerprint density at radius 3 is 2.89 bits per heavy atom. The van der Waals surface area contributed by atoms with E-state index in [0.29, 0.717) is 11.3 Å². The molecule has 0 fully saturated rings. The number of hydrogen-bond acceptors (Lipinski definition) is 4. The smallest absolute Gasteiger partial charge is 0.315 e. The van der Waals surface area contributed by atoms with Crippen molar-refractivity contribution in [2.45, 2.75) is 6.43 Å². The predicted molar refractivity (Wildman–Crippen MR) is 63.5 cm³/mol. The van der Waals surface area contributed by atoms with Crippen LogP contribution in [-0.4, -0.2) is 16.0 Å². The fourth-order valence-electron chi connectivity index (χ4n) is 1.37. The minimum atomic E-state index is -2.81. The van der Waals surface area contributed by atoms with Gasteiger partial charge in [0.1, 0.15) is 0 Å². The van der Waals surface area contributed by atoms with Crippen molar-refractivity contribution in [1.82, 2.24) is 10.1 Å². The fourth-order valence-corrected chi connectivity index (χ4v) is 1.37. The van der Waals surface area contributed by atoms with E-state index < -0.39 is 12.3 Å². The second kappa shape index (κ2) is 5.38. The third kappa shape index (κ3) is 3.01. The molecule has 7 heteroatoms. The standard InChI is InChI=1S/C12H9F2N3O2/c1-2-9(18)15-8-5-3-4-7(6-8)11-16-12(10(13)14)19-17-11/h2-6,10H,1H2,(H,15,18). The molecule has 19 heavy (non-hydrogen) atoms. The molecule has 1 aromatic heterocycles. The molecule has 0 aliphatic heterocycles. The van der Waals surface area contributed by atoms with Gasteiger partial charge >= 0.3 is 6.43 Å². The summed E-state index contributed by atoms with van der Waals surface area (Å²) < 4.78 is 29.1. The number of amides is 1. The van der Waals surface area contributed by atoms with Gasteiger partial charge in [-0.15, -0.1) is 0 Å². The van der Waals surface area contributed by atoms with Crippen molar-refractivity contribution in [3.8, 4) is 11.4 Å². The van der Waals surface area contributed by atoms with Crippen LogP contribution < -0.4 is 5.32 Å². The third-order valence-corrected chi connectivity index (χ3v) is 2.20. The monoisotopic (exact) mass is 265 g/mol. The lowest BCUT2D eigenvalue weighted by molar-refractivity contribution is -0.111. The van der Waals surface area contributed by atoms with Crippen molar-refractivity contribution >= 4 is 11.6 Å². The van der Waals surface area contributed by atoms with Gasteiger partial charge in [0.2, 0.25) is 11.7 Å². The van der Waals surface area contributed by atoms with E-state index in [1.807, 2.05) is 0 Å². The maximum Gasteiger partial charge on any atom is 0.315 e. The van der Waals surface area contributed by atoms with Crippen LogP contribution in [0, 0.1) is 0 Å². The van der Waals surface area contributed by atoms with Crippen molar-refractivity contribution in [3.05, 3.63) is 42.8 Å². The minimum absolute atomic E-state index is 0.0324. The average molecular weight is 265 g/mol. The summed E-state index contributed by atoms with van der Waals surface area (Å²) in [5, 5.41) is 5.99. The van der Waals surface area contributed by atoms with E-state index in [0.717, 1.165) is 6.08 Å². The van der Waals surface area contributed by atoms with E-state index in [9.17, 15) is 13.6 Å². The van der Waals surface area contributed by atoms with Crippen molar-refractivity contribution in [2.75, 3.05) is 5.32 Å². The van der Waals surface area contributed by atoms with E-state index in [1.165, 1.54) is 0 Å². The Kier molecular flexibility index (Phi) is 3.65.